The van der Waals surface area contributed by atoms with Crippen LogP contribution in [0.25, 0.3) is 0 Å². The molecule has 0 aromatic carbocycles. The first-order valence-electron chi connectivity index (χ1n) is 8.19. The van der Waals surface area contributed by atoms with Crippen LogP contribution in [0.3, 0.4) is 0 Å². The van der Waals surface area contributed by atoms with Crippen LogP contribution in [0.4, 0.5) is 0 Å². The highest BCUT2D eigenvalue weighted by molar-refractivity contribution is 8.01. The second-order valence-corrected chi connectivity index (χ2v) is 9.61. The zero-order valence-electron chi connectivity index (χ0n) is 15.7. The Hall–Kier alpha value is -1.74. The molecule has 2 aliphatic heterocycles. The molecule has 3 atom stereocenters. The fourth-order valence-corrected chi connectivity index (χ4v) is 5.79. The number of carboxylic acid groups (broad SMARTS) is 1. The molecule has 3 rings (SSSR count). The van der Waals surface area contributed by atoms with E-state index in [0.29, 0.717) is 22.4 Å². The number of rotatable bonds is 8. The SMILES string of the molecule is CO[C@@]1(NC(=O)C[S+](C)[O-])C(=O)N2C(C(=O)O)=C(CSc3nnc(C)o3)CS[C@H]21. The van der Waals surface area contributed by atoms with Crippen molar-refractivity contribution < 1.29 is 33.2 Å². The molecule has 158 valence electrons. The van der Waals surface area contributed by atoms with Crippen molar-refractivity contribution in [1.29, 1.82) is 0 Å². The number of β-lactam (4-membered cyclic amide) rings is 1. The number of methoxy groups -OCH3 is 1. The number of hydrogen-bond donors (Lipinski definition) is 2. The van der Waals surface area contributed by atoms with Crippen LogP contribution in [-0.2, 0) is 30.3 Å². The van der Waals surface area contributed by atoms with Crippen molar-refractivity contribution in [2.75, 3.05) is 30.6 Å². The van der Waals surface area contributed by atoms with Crippen LogP contribution in [0.5, 0.6) is 0 Å². The van der Waals surface area contributed by atoms with Crippen molar-refractivity contribution in [3.8, 4) is 0 Å². The van der Waals surface area contributed by atoms with E-state index in [0.717, 1.165) is 4.90 Å². The third-order valence-electron chi connectivity index (χ3n) is 4.17. The van der Waals surface area contributed by atoms with Crippen LogP contribution in [0.2, 0.25) is 0 Å². The third-order valence-corrected chi connectivity index (χ3v) is 7.12. The summed E-state index contributed by atoms with van der Waals surface area (Å²) in [6.07, 6.45) is 1.36. The van der Waals surface area contributed by atoms with Gasteiger partial charge in [-0.25, -0.2) is 4.79 Å². The molecule has 0 spiro atoms. The van der Waals surface area contributed by atoms with E-state index in [1.54, 1.807) is 6.92 Å². The van der Waals surface area contributed by atoms with E-state index in [1.165, 1.54) is 36.9 Å². The van der Waals surface area contributed by atoms with Gasteiger partial charge in [0, 0.05) is 25.5 Å². The smallest absolute Gasteiger partial charge is 0.352 e. The van der Waals surface area contributed by atoms with Crippen LogP contribution >= 0.6 is 23.5 Å². The number of amides is 2. The maximum absolute atomic E-state index is 12.9. The molecule has 1 aromatic heterocycles. The fraction of sp³-hybridized carbons (Fsp3) is 0.533. The van der Waals surface area contributed by atoms with Gasteiger partial charge in [-0.1, -0.05) is 11.8 Å². The van der Waals surface area contributed by atoms with Crippen LogP contribution in [0, 0.1) is 6.92 Å². The fourth-order valence-electron chi connectivity index (χ4n) is 2.97. The summed E-state index contributed by atoms with van der Waals surface area (Å²) in [6.45, 7) is 1.64. The van der Waals surface area contributed by atoms with Crippen molar-refractivity contribution in [3.63, 3.8) is 0 Å². The monoisotopic (exact) mass is 462 g/mol. The van der Waals surface area contributed by atoms with Gasteiger partial charge in [-0.15, -0.1) is 22.0 Å². The molecule has 11 nitrogen and oxygen atoms in total. The zero-order valence-corrected chi connectivity index (χ0v) is 18.1. The Morgan fingerprint density at radius 3 is 2.83 bits per heavy atom. The minimum Gasteiger partial charge on any atom is -0.616 e. The second-order valence-electron chi connectivity index (χ2n) is 6.18. The molecule has 2 aliphatic rings. The number of aromatic nitrogens is 2. The number of ether oxygens (including phenoxy) is 1. The zero-order chi connectivity index (χ0) is 21.3. The maximum Gasteiger partial charge on any atom is 0.352 e. The predicted molar refractivity (Wildman–Crippen MR) is 104 cm³/mol. The molecule has 1 fully saturated rings. The van der Waals surface area contributed by atoms with E-state index in [4.69, 9.17) is 9.15 Å². The van der Waals surface area contributed by atoms with E-state index < -0.39 is 40.1 Å². The molecule has 0 aliphatic carbocycles. The maximum atomic E-state index is 12.9. The van der Waals surface area contributed by atoms with Crippen molar-refractivity contribution in [3.05, 3.63) is 17.2 Å². The van der Waals surface area contributed by atoms with Crippen molar-refractivity contribution >= 4 is 52.5 Å². The Bertz CT molecular complexity index is 874. The molecule has 1 aromatic rings. The number of carbonyl (C=O) groups is 3. The summed E-state index contributed by atoms with van der Waals surface area (Å²) in [5.41, 5.74) is -1.33. The predicted octanol–water partition coefficient (Wildman–Crippen LogP) is -0.439. The summed E-state index contributed by atoms with van der Waals surface area (Å²) < 4.78 is 21.9. The van der Waals surface area contributed by atoms with Crippen LogP contribution in [0.15, 0.2) is 20.9 Å². The molecular formula is C15H18N4O7S3. The number of hydrogen-bond acceptors (Lipinski definition) is 10. The van der Waals surface area contributed by atoms with Gasteiger partial charge in [0.05, 0.1) is 6.26 Å². The number of aliphatic carboxylic acids is 1. The Morgan fingerprint density at radius 2 is 2.28 bits per heavy atom. The molecular weight excluding hydrogens is 444 g/mol. The van der Waals surface area contributed by atoms with Gasteiger partial charge in [-0.3, -0.25) is 14.5 Å². The summed E-state index contributed by atoms with van der Waals surface area (Å²) >= 11 is 1.04. The first-order valence-corrected chi connectivity index (χ1v) is 12.0. The molecule has 0 radical (unpaired) electrons. The van der Waals surface area contributed by atoms with Gasteiger partial charge in [0.25, 0.3) is 22.8 Å². The number of fused-ring (bicyclic) bond motifs is 1. The van der Waals surface area contributed by atoms with Crippen LogP contribution in [0.1, 0.15) is 5.89 Å². The highest BCUT2D eigenvalue weighted by atomic mass is 32.2. The minimum absolute atomic E-state index is 0.150. The average Bonchev–Trinajstić information content (AvgIpc) is 3.07. The Morgan fingerprint density at radius 1 is 1.55 bits per heavy atom. The quantitative estimate of drug-likeness (QED) is 0.223. The topological polar surface area (TPSA) is 158 Å². The molecule has 14 heteroatoms. The van der Waals surface area contributed by atoms with Gasteiger partial charge in [-0.2, -0.15) is 0 Å². The van der Waals surface area contributed by atoms with Gasteiger partial charge in [0.15, 0.2) is 5.75 Å². The summed E-state index contributed by atoms with van der Waals surface area (Å²) in [6, 6.07) is 0. The summed E-state index contributed by atoms with van der Waals surface area (Å²) in [4.78, 5) is 37.9. The van der Waals surface area contributed by atoms with Gasteiger partial charge >= 0.3 is 5.97 Å². The van der Waals surface area contributed by atoms with Crippen LogP contribution in [-0.4, -0.2) is 84.3 Å². The third kappa shape index (κ3) is 4.12. The van der Waals surface area contributed by atoms with Gasteiger partial charge < -0.3 is 24.1 Å². The molecule has 0 saturated carbocycles. The summed E-state index contributed by atoms with van der Waals surface area (Å²) in [7, 11) is 1.26. The molecule has 2 amide bonds. The van der Waals surface area contributed by atoms with Crippen molar-refractivity contribution in [2.24, 2.45) is 0 Å². The molecule has 3 heterocycles. The lowest BCUT2D eigenvalue weighted by Crippen LogP contribution is -2.81. The number of carboxylic acids is 1. The summed E-state index contributed by atoms with van der Waals surface area (Å²) in [5.74, 6) is -1.92. The number of nitrogens with zero attached hydrogens (tertiary/aromatic N) is 3. The first kappa shape index (κ1) is 22.0. The normalized spacial score (nSPS) is 24.8. The first-order chi connectivity index (χ1) is 13.7. The second kappa shape index (κ2) is 8.55. The van der Waals surface area contributed by atoms with Crippen molar-refractivity contribution in [2.45, 2.75) is 23.2 Å². The average molecular weight is 463 g/mol. The molecule has 1 saturated heterocycles. The summed E-state index contributed by atoms with van der Waals surface area (Å²) in [5, 5.41) is 19.3. The van der Waals surface area contributed by atoms with Gasteiger partial charge in [0.2, 0.25) is 5.89 Å². The Balaban J connectivity index is 1.81. The highest BCUT2D eigenvalue weighted by Gasteiger charge is 2.66. The number of carbonyl (C=O) groups excluding carboxylic acids is 2. The Kier molecular flexibility index (Phi) is 6.48. The van der Waals surface area contributed by atoms with E-state index in [2.05, 4.69) is 15.5 Å². The number of nitrogens with one attached hydrogen (secondary N) is 1. The lowest BCUT2D eigenvalue weighted by Gasteiger charge is -2.55. The number of aryl methyl sites for hydroxylation is 1. The van der Waals surface area contributed by atoms with Gasteiger partial charge in [-0.05, 0) is 16.7 Å². The standard InChI is InChI=1S/C15H18N4O7S3/c1-7-17-18-14(26-7)28-5-8-4-27-13-15(25-2,16-9(20)6-29(3)24)12(23)19(13)10(8)11(21)22/h13H,4-6H2,1-3H3,(H,16,20)(H,21,22)/t13-,15-,29?/m0/s1. The van der Waals surface area contributed by atoms with Crippen LogP contribution < -0.4 is 5.32 Å². The van der Waals surface area contributed by atoms with E-state index >= 15 is 0 Å². The van der Waals surface area contributed by atoms with E-state index in [9.17, 15) is 24.0 Å². The van der Waals surface area contributed by atoms with Gasteiger partial charge in [0.1, 0.15) is 11.1 Å². The largest absolute Gasteiger partial charge is 0.616 e. The molecule has 29 heavy (non-hydrogen) atoms. The van der Waals surface area contributed by atoms with E-state index in [1.807, 2.05) is 0 Å². The molecule has 1 unspecified atom stereocenters. The van der Waals surface area contributed by atoms with E-state index in [-0.39, 0.29) is 17.2 Å². The lowest BCUT2D eigenvalue weighted by atomic mass is 9.98. The molecule has 0 bridgehead atoms. The number of thioether (sulfide) groups is 2. The lowest BCUT2D eigenvalue weighted by molar-refractivity contribution is -0.192. The highest BCUT2D eigenvalue weighted by Crippen LogP contribution is 2.47. The van der Waals surface area contributed by atoms with Crippen molar-refractivity contribution in [1.82, 2.24) is 20.4 Å². The molecule has 2 N–H and O–H groups in total. The minimum atomic E-state index is -1.69. The Labute approximate surface area is 177 Å².